The normalized spacial score (nSPS) is 12.1. The Morgan fingerprint density at radius 1 is 1.19 bits per heavy atom. The van der Waals surface area contributed by atoms with Crippen LogP contribution in [0.3, 0.4) is 0 Å². The van der Waals surface area contributed by atoms with Crippen molar-refractivity contribution >= 4 is 21.6 Å². The van der Waals surface area contributed by atoms with Crippen LogP contribution >= 0.6 is 15.9 Å². The Bertz CT molecular complexity index is 661. The van der Waals surface area contributed by atoms with Crippen molar-refractivity contribution in [2.45, 2.75) is 19.9 Å². The van der Waals surface area contributed by atoms with Crippen LogP contribution in [-0.2, 0) is 0 Å². The lowest BCUT2D eigenvalue weighted by Gasteiger charge is -2.20. The van der Waals surface area contributed by atoms with E-state index in [0.717, 1.165) is 27.9 Å². The van der Waals surface area contributed by atoms with Crippen LogP contribution in [0.25, 0.3) is 0 Å². The van der Waals surface area contributed by atoms with Gasteiger partial charge in [0.05, 0.1) is 18.8 Å². The maximum absolute atomic E-state index is 13.8. The third kappa shape index (κ3) is 3.53. The Hall–Kier alpha value is -1.62. The molecule has 2 aromatic rings. The van der Waals surface area contributed by atoms with E-state index < -0.39 is 17.7 Å². The third-order valence-electron chi connectivity index (χ3n) is 3.27. The summed E-state index contributed by atoms with van der Waals surface area (Å²) in [5.74, 6) is -0.254. The standard InChI is InChI=1S/C16H16BrF2NO/c1-9-6-11(17)7-15(21-3)16(9)20-10(2)13-8-12(18)4-5-14(13)19/h4-8,10,20H,1-3H3. The molecule has 0 radical (unpaired) electrons. The van der Waals surface area contributed by atoms with E-state index in [1.54, 1.807) is 14.0 Å². The highest BCUT2D eigenvalue weighted by Crippen LogP contribution is 2.35. The second-order valence-corrected chi connectivity index (χ2v) is 5.75. The van der Waals surface area contributed by atoms with Gasteiger partial charge in [-0.2, -0.15) is 0 Å². The summed E-state index contributed by atoms with van der Waals surface area (Å²) in [7, 11) is 1.57. The number of nitrogens with one attached hydrogen (secondary N) is 1. The number of benzene rings is 2. The van der Waals surface area contributed by atoms with Crippen LogP contribution in [0.1, 0.15) is 24.1 Å². The predicted octanol–water partition coefficient (Wildman–Crippen LogP) is 5.22. The van der Waals surface area contributed by atoms with Crippen molar-refractivity contribution < 1.29 is 13.5 Å². The van der Waals surface area contributed by atoms with E-state index >= 15 is 0 Å². The number of rotatable bonds is 4. The van der Waals surface area contributed by atoms with Crippen LogP contribution in [0, 0.1) is 18.6 Å². The molecule has 5 heteroatoms. The Labute approximate surface area is 131 Å². The number of hydrogen-bond acceptors (Lipinski definition) is 2. The first kappa shape index (κ1) is 15.8. The van der Waals surface area contributed by atoms with Gasteiger partial charge in [0.1, 0.15) is 17.4 Å². The van der Waals surface area contributed by atoms with Crippen LogP contribution in [0.2, 0.25) is 0 Å². The summed E-state index contributed by atoms with van der Waals surface area (Å²) < 4.78 is 33.4. The lowest BCUT2D eigenvalue weighted by molar-refractivity contribution is 0.415. The third-order valence-corrected chi connectivity index (χ3v) is 3.73. The number of ether oxygens (including phenoxy) is 1. The van der Waals surface area contributed by atoms with Crippen molar-refractivity contribution in [3.63, 3.8) is 0 Å². The van der Waals surface area contributed by atoms with Crippen molar-refractivity contribution in [2.24, 2.45) is 0 Å². The topological polar surface area (TPSA) is 21.3 Å². The average molecular weight is 356 g/mol. The molecule has 0 saturated heterocycles. The zero-order valence-electron chi connectivity index (χ0n) is 12.0. The summed E-state index contributed by atoms with van der Waals surface area (Å²) in [6.45, 7) is 3.70. The van der Waals surface area contributed by atoms with E-state index in [9.17, 15) is 8.78 Å². The van der Waals surface area contributed by atoms with Gasteiger partial charge in [0, 0.05) is 10.0 Å². The van der Waals surface area contributed by atoms with Gasteiger partial charge < -0.3 is 10.1 Å². The molecule has 0 aliphatic heterocycles. The van der Waals surface area contributed by atoms with Gasteiger partial charge in [-0.1, -0.05) is 15.9 Å². The quantitative estimate of drug-likeness (QED) is 0.811. The summed E-state index contributed by atoms with van der Waals surface area (Å²) in [4.78, 5) is 0. The fraction of sp³-hybridized carbons (Fsp3) is 0.250. The SMILES string of the molecule is COc1cc(Br)cc(C)c1NC(C)c1cc(F)ccc1F. The molecule has 2 aromatic carbocycles. The Morgan fingerprint density at radius 2 is 1.90 bits per heavy atom. The molecule has 112 valence electrons. The van der Waals surface area contributed by atoms with Crippen LogP contribution in [0.5, 0.6) is 5.75 Å². The first-order valence-electron chi connectivity index (χ1n) is 6.48. The molecule has 0 aliphatic carbocycles. The van der Waals surface area contributed by atoms with Gasteiger partial charge in [-0.3, -0.25) is 0 Å². The average Bonchev–Trinajstić information content (AvgIpc) is 2.43. The monoisotopic (exact) mass is 355 g/mol. The van der Waals surface area contributed by atoms with Gasteiger partial charge in [-0.05, 0) is 49.7 Å². The number of aryl methyl sites for hydroxylation is 1. The minimum atomic E-state index is -0.459. The molecule has 2 nitrogen and oxygen atoms in total. The van der Waals surface area contributed by atoms with E-state index in [1.807, 2.05) is 19.1 Å². The minimum Gasteiger partial charge on any atom is -0.495 e. The van der Waals surface area contributed by atoms with E-state index in [-0.39, 0.29) is 5.56 Å². The fourth-order valence-electron chi connectivity index (χ4n) is 2.20. The summed E-state index contributed by atoms with van der Waals surface area (Å²) in [6.07, 6.45) is 0. The van der Waals surface area contributed by atoms with Gasteiger partial charge >= 0.3 is 0 Å². The number of anilines is 1. The van der Waals surface area contributed by atoms with Gasteiger partial charge in [0.2, 0.25) is 0 Å². The van der Waals surface area contributed by atoms with Crippen molar-refractivity contribution in [2.75, 3.05) is 12.4 Å². The molecule has 1 unspecified atom stereocenters. The summed E-state index contributed by atoms with van der Waals surface area (Å²) in [6, 6.07) is 6.80. The van der Waals surface area contributed by atoms with Gasteiger partial charge in [-0.25, -0.2) is 8.78 Å². The molecule has 2 rings (SSSR count). The van der Waals surface area contributed by atoms with E-state index in [0.29, 0.717) is 5.75 Å². The molecule has 0 fully saturated rings. The number of hydrogen-bond donors (Lipinski definition) is 1. The Kier molecular flexibility index (Phi) is 4.83. The molecule has 0 saturated carbocycles. The molecule has 1 atom stereocenters. The van der Waals surface area contributed by atoms with E-state index in [2.05, 4.69) is 21.2 Å². The second kappa shape index (κ2) is 6.43. The highest BCUT2D eigenvalue weighted by Gasteiger charge is 2.16. The smallest absolute Gasteiger partial charge is 0.143 e. The Morgan fingerprint density at radius 3 is 2.57 bits per heavy atom. The lowest BCUT2D eigenvalue weighted by Crippen LogP contribution is -2.11. The molecule has 0 aliphatic rings. The van der Waals surface area contributed by atoms with Crippen LogP contribution in [0.4, 0.5) is 14.5 Å². The summed E-state index contributed by atoms with van der Waals surface area (Å²) >= 11 is 3.40. The highest BCUT2D eigenvalue weighted by molar-refractivity contribution is 9.10. The first-order chi connectivity index (χ1) is 9.92. The van der Waals surface area contributed by atoms with Gasteiger partial charge in [0.15, 0.2) is 0 Å². The van der Waals surface area contributed by atoms with Crippen molar-refractivity contribution in [1.29, 1.82) is 0 Å². The first-order valence-corrected chi connectivity index (χ1v) is 7.27. The molecular weight excluding hydrogens is 340 g/mol. The molecular formula is C16H16BrF2NO. The van der Waals surface area contributed by atoms with Crippen LogP contribution in [0.15, 0.2) is 34.8 Å². The molecule has 0 amide bonds. The zero-order valence-corrected chi connectivity index (χ0v) is 13.6. The second-order valence-electron chi connectivity index (χ2n) is 4.83. The van der Waals surface area contributed by atoms with Crippen LogP contribution < -0.4 is 10.1 Å². The molecule has 0 bridgehead atoms. The summed E-state index contributed by atoms with van der Waals surface area (Å²) in [5.41, 5.74) is 1.99. The molecule has 0 heterocycles. The van der Waals surface area contributed by atoms with Crippen LogP contribution in [-0.4, -0.2) is 7.11 Å². The van der Waals surface area contributed by atoms with Gasteiger partial charge in [-0.15, -0.1) is 0 Å². The van der Waals surface area contributed by atoms with Crippen molar-refractivity contribution in [1.82, 2.24) is 0 Å². The highest BCUT2D eigenvalue weighted by atomic mass is 79.9. The maximum atomic E-state index is 13.8. The van der Waals surface area contributed by atoms with Gasteiger partial charge in [0.25, 0.3) is 0 Å². The van der Waals surface area contributed by atoms with Crippen molar-refractivity contribution in [3.05, 3.63) is 57.6 Å². The fourth-order valence-corrected chi connectivity index (χ4v) is 2.75. The molecule has 0 aromatic heterocycles. The predicted molar refractivity (Wildman–Crippen MR) is 83.8 cm³/mol. The Balaban J connectivity index is 2.35. The lowest BCUT2D eigenvalue weighted by atomic mass is 10.1. The minimum absolute atomic E-state index is 0.277. The molecule has 0 spiro atoms. The van der Waals surface area contributed by atoms with E-state index in [4.69, 9.17) is 4.74 Å². The summed E-state index contributed by atoms with van der Waals surface area (Å²) in [5, 5.41) is 3.19. The maximum Gasteiger partial charge on any atom is 0.143 e. The zero-order chi connectivity index (χ0) is 15.6. The number of methoxy groups -OCH3 is 1. The van der Waals surface area contributed by atoms with Crippen molar-refractivity contribution in [3.8, 4) is 5.75 Å². The number of halogens is 3. The molecule has 21 heavy (non-hydrogen) atoms. The molecule has 1 N–H and O–H groups in total. The largest absolute Gasteiger partial charge is 0.495 e. The van der Waals surface area contributed by atoms with E-state index in [1.165, 1.54) is 6.07 Å².